The highest BCUT2D eigenvalue weighted by atomic mass is 31.2. The molecule has 0 aliphatic heterocycles. The number of hydrogen-bond donors (Lipinski definition) is 2. The van der Waals surface area contributed by atoms with Crippen LogP contribution in [0.5, 0.6) is 0 Å². The van der Waals surface area contributed by atoms with Crippen LogP contribution < -0.4 is 4.89 Å². The van der Waals surface area contributed by atoms with Gasteiger partial charge in [-0.25, -0.2) is 0 Å². The lowest BCUT2D eigenvalue weighted by Crippen LogP contribution is -2.48. The van der Waals surface area contributed by atoms with Crippen molar-refractivity contribution >= 4 is 7.82 Å². The third-order valence-electron chi connectivity index (χ3n) is 3.75. The Bertz CT molecular complexity index is 222. The van der Waals surface area contributed by atoms with E-state index in [0.29, 0.717) is 0 Å². The van der Waals surface area contributed by atoms with Crippen molar-refractivity contribution in [1.29, 1.82) is 0 Å². The van der Waals surface area contributed by atoms with Crippen molar-refractivity contribution in [2.24, 2.45) is 0 Å². The van der Waals surface area contributed by atoms with Crippen LogP contribution in [0.3, 0.4) is 0 Å². The average Bonchev–Trinajstić information content (AvgIpc) is 2.33. The highest BCUT2D eigenvalue weighted by Crippen LogP contribution is 2.19. The molecule has 0 aliphatic carbocycles. The molecule has 5 nitrogen and oxygen atoms in total. The summed E-state index contributed by atoms with van der Waals surface area (Å²) in [5, 5.41) is 0. The first-order valence-electron chi connectivity index (χ1n) is 7.36. The minimum Gasteiger partial charge on any atom is -0.756 e. The van der Waals surface area contributed by atoms with E-state index in [1.165, 1.54) is 62.8 Å². The number of quaternary nitrogens is 1. The summed E-state index contributed by atoms with van der Waals surface area (Å²) in [6, 6.07) is 0. The normalized spacial score (nSPS) is 11.9. The zero-order valence-electron chi connectivity index (χ0n) is 13.0. The fourth-order valence-electron chi connectivity index (χ4n) is 2.20. The predicted octanol–water partition coefficient (Wildman–Crippen LogP) is 2.27. The topological polar surface area (TPSA) is 80.6 Å². The molecule has 19 heavy (non-hydrogen) atoms. The van der Waals surface area contributed by atoms with Gasteiger partial charge in [0.25, 0.3) is 7.82 Å². The second-order valence-corrected chi connectivity index (χ2v) is 5.90. The smallest absolute Gasteiger partial charge is 0.262 e. The maximum atomic E-state index is 8.77. The number of unbranched alkanes of at least 4 members (excludes halogenated alkanes) is 4. The van der Waals surface area contributed by atoms with Gasteiger partial charge in [-0.1, -0.05) is 26.2 Å². The Morgan fingerprint density at radius 3 is 1.58 bits per heavy atom. The molecule has 6 heteroatoms. The standard InChI is InChI=1S/C13H30N.H3O4P/c1-5-9-10-11-12-13-14(6-2,7-3)8-4;1-5(2,3)4/h5-13H2,1-4H3;(H3,1,2,3,4)/q+1;/p-1. The van der Waals surface area contributed by atoms with Crippen molar-refractivity contribution in [3.05, 3.63) is 0 Å². The molecule has 0 bridgehead atoms. The van der Waals surface area contributed by atoms with E-state index in [2.05, 4.69) is 27.7 Å². The fraction of sp³-hybridized carbons (Fsp3) is 1.00. The van der Waals surface area contributed by atoms with Crippen molar-refractivity contribution in [3.8, 4) is 0 Å². The van der Waals surface area contributed by atoms with E-state index in [9.17, 15) is 0 Å². The first-order chi connectivity index (χ1) is 8.74. The molecule has 0 aromatic heterocycles. The predicted molar refractivity (Wildman–Crippen MR) is 77.6 cm³/mol. The second kappa shape index (κ2) is 11.9. The van der Waals surface area contributed by atoms with E-state index >= 15 is 0 Å². The molecule has 0 saturated heterocycles. The van der Waals surface area contributed by atoms with Crippen LogP contribution in [0.4, 0.5) is 0 Å². The van der Waals surface area contributed by atoms with Crippen LogP contribution in [0, 0.1) is 0 Å². The molecular weight excluding hydrogens is 265 g/mol. The van der Waals surface area contributed by atoms with Gasteiger partial charge in [-0.15, -0.1) is 0 Å². The van der Waals surface area contributed by atoms with Gasteiger partial charge in [0.05, 0.1) is 26.2 Å². The summed E-state index contributed by atoms with van der Waals surface area (Å²) in [5.74, 6) is 0. The summed E-state index contributed by atoms with van der Waals surface area (Å²) in [7, 11) is -4.89. The van der Waals surface area contributed by atoms with E-state index in [1.807, 2.05) is 0 Å². The monoisotopic (exact) mass is 297 g/mol. The lowest BCUT2D eigenvalue weighted by Gasteiger charge is -2.35. The molecule has 0 atom stereocenters. The SMILES string of the molecule is CCCCCCC[N+](CC)(CC)CC.O=P([O-])(O)O. The number of nitrogens with zero attached hydrogens (tertiary/aromatic N) is 1. The van der Waals surface area contributed by atoms with Gasteiger partial charge < -0.3 is 19.2 Å². The van der Waals surface area contributed by atoms with Crippen LogP contribution in [0.25, 0.3) is 0 Å². The summed E-state index contributed by atoms with van der Waals surface area (Å²) < 4.78 is 10.1. The molecule has 0 radical (unpaired) electrons. The van der Waals surface area contributed by atoms with Crippen LogP contribution in [0.2, 0.25) is 0 Å². The Morgan fingerprint density at radius 1 is 0.895 bits per heavy atom. The molecule has 118 valence electrons. The lowest BCUT2D eigenvalue weighted by atomic mass is 10.1. The molecule has 0 unspecified atom stereocenters. The van der Waals surface area contributed by atoms with Gasteiger partial charge in [-0.05, 0) is 33.6 Å². The van der Waals surface area contributed by atoms with E-state index in [1.54, 1.807) is 0 Å². The van der Waals surface area contributed by atoms with Crippen LogP contribution in [-0.4, -0.2) is 40.4 Å². The maximum absolute atomic E-state index is 8.77. The zero-order chi connectivity index (χ0) is 15.4. The quantitative estimate of drug-likeness (QED) is 0.389. The molecule has 0 aromatic rings. The molecule has 0 spiro atoms. The molecule has 0 amide bonds. The summed E-state index contributed by atoms with van der Waals surface area (Å²) in [6.45, 7) is 14.6. The van der Waals surface area contributed by atoms with E-state index < -0.39 is 7.82 Å². The van der Waals surface area contributed by atoms with Gasteiger partial charge in [0.1, 0.15) is 0 Å². The van der Waals surface area contributed by atoms with Crippen molar-refractivity contribution < 1.29 is 23.7 Å². The fourth-order valence-corrected chi connectivity index (χ4v) is 2.20. The van der Waals surface area contributed by atoms with Gasteiger partial charge in [0.15, 0.2) is 0 Å². The van der Waals surface area contributed by atoms with Gasteiger partial charge in [0.2, 0.25) is 0 Å². The summed E-state index contributed by atoms with van der Waals surface area (Å²) in [5.41, 5.74) is 0. The first-order valence-corrected chi connectivity index (χ1v) is 8.89. The van der Waals surface area contributed by atoms with Crippen LogP contribution in [0.1, 0.15) is 59.8 Å². The zero-order valence-corrected chi connectivity index (χ0v) is 13.9. The molecule has 0 saturated carbocycles. The largest absolute Gasteiger partial charge is 0.756 e. The van der Waals surface area contributed by atoms with Crippen molar-refractivity contribution in [3.63, 3.8) is 0 Å². The minimum absolute atomic E-state index is 1.31. The highest BCUT2D eigenvalue weighted by Gasteiger charge is 2.19. The summed E-state index contributed by atoms with van der Waals surface area (Å²) in [4.78, 5) is 22.9. The van der Waals surface area contributed by atoms with E-state index in [-0.39, 0.29) is 0 Å². The molecule has 0 fully saturated rings. The second-order valence-electron chi connectivity index (χ2n) is 4.92. The van der Waals surface area contributed by atoms with Gasteiger partial charge in [-0.2, -0.15) is 0 Å². The Hall–Kier alpha value is 0.0700. The molecule has 0 rings (SSSR count). The maximum Gasteiger partial charge on any atom is 0.262 e. The third kappa shape index (κ3) is 16.0. The minimum atomic E-state index is -4.89. The Labute approximate surface area is 118 Å². The van der Waals surface area contributed by atoms with Gasteiger partial charge in [0, 0.05) is 0 Å². The van der Waals surface area contributed by atoms with Crippen molar-refractivity contribution in [2.75, 3.05) is 26.2 Å². The lowest BCUT2D eigenvalue weighted by molar-refractivity contribution is -0.923. The Morgan fingerprint density at radius 2 is 1.26 bits per heavy atom. The van der Waals surface area contributed by atoms with Crippen LogP contribution in [0.15, 0.2) is 0 Å². The van der Waals surface area contributed by atoms with Gasteiger partial charge >= 0.3 is 0 Å². The van der Waals surface area contributed by atoms with Crippen LogP contribution >= 0.6 is 7.82 Å². The van der Waals surface area contributed by atoms with Crippen LogP contribution in [-0.2, 0) is 4.57 Å². The number of phosphoric acid groups is 1. The van der Waals surface area contributed by atoms with E-state index in [0.717, 1.165) is 0 Å². The first kappa shape index (κ1) is 21.4. The van der Waals surface area contributed by atoms with Crippen molar-refractivity contribution in [2.45, 2.75) is 59.8 Å². The third-order valence-corrected chi connectivity index (χ3v) is 3.75. The molecule has 0 aliphatic rings. The summed E-state index contributed by atoms with van der Waals surface area (Å²) in [6.07, 6.45) is 7.08. The number of hydrogen-bond acceptors (Lipinski definition) is 2. The Balaban J connectivity index is 0. The van der Waals surface area contributed by atoms with Crippen molar-refractivity contribution in [1.82, 2.24) is 0 Å². The molecule has 0 heterocycles. The molecular formula is C13H32NO4P. The highest BCUT2D eigenvalue weighted by molar-refractivity contribution is 7.43. The number of rotatable bonds is 9. The van der Waals surface area contributed by atoms with Gasteiger partial charge in [-0.3, -0.25) is 4.57 Å². The average molecular weight is 297 g/mol. The Kier molecular flexibility index (Phi) is 13.3. The summed E-state index contributed by atoms with van der Waals surface area (Å²) >= 11 is 0. The molecule has 2 N–H and O–H groups in total. The molecule has 0 aromatic carbocycles. The van der Waals surface area contributed by atoms with E-state index in [4.69, 9.17) is 19.2 Å².